The van der Waals surface area contributed by atoms with E-state index in [0.29, 0.717) is 5.56 Å². The van der Waals surface area contributed by atoms with E-state index in [-0.39, 0.29) is 0 Å². The SMILES string of the molecule is CCc1[nH]cc(C)c1C(=O)O. The third-order valence-corrected chi connectivity index (χ3v) is 1.73. The fourth-order valence-electron chi connectivity index (χ4n) is 1.15. The lowest BCUT2D eigenvalue weighted by Gasteiger charge is -1.95. The van der Waals surface area contributed by atoms with E-state index in [1.165, 1.54) is 0 Å². The van der Waals surface area contributed by atoms with Gasteiger partial charge in [-0.05, 0) is 18.9 Å². The van der Waals surface area contributed by atoms with Crippen molar-refractivity contribution in [1.29, 1.82) is 0 Å². The van der Waals surface area contributed by atoms with Gasteiger partial charge in [-0.1, -0.05) is 6.92 Å². The molecule has 11 heavy (non-hydrogen) atoms. The number of carboxylic acids is 1. The van der Waals surface area contributed by atoms with Gasteiger partial charge in [0.1, 0.15) is 0 Å². The van der Waals surface area contributed by atoms with Gasteiger partial charge in [0.25, 0.3) is 0 Å². The maximum Gasteiger partial charge on any atom is 0.337 e. The smallest absolute Gasteiger partial charge is 0.337 e. The van der Waals surface area contributed by atoms with Crippen molar-refractivity contribution in [2.75, 3.05) is 0 Å². The Bertz CT molecular complexity index is 276. The fraction of sp³-hybridized carbons (Fsp3) is 0.375. The van der Waals surface area contributed by atoms with Gasteiger partial charge in [-0.3, -0.25) is 0 Å². The molecule has 0 saturated heterocycles. The van der Waals surface area contributed by atoms with Crippen LogP contribution in [0.4, 0.5) is 0 Å². The highest BCUT2D eigenvalue weighted by atomic mass is 16.4. The van der Waals surface area contributed by atoms with Crippen molar-refractivity contribution in [3.05, 3.63) is 23.0 Å². The zero-order chi connectivity index (χ0) is 8.43. The van der Waals surface area contributed by atoms with Crippen molar-refractivity contribution in [1.82, 2.24) is 4.98 Å². The molecule has 0 aliphatic carbocycles. The predicted octanol–water partition coefficient (Wildman–Crippen LogP) is 1.58. The minimum absolute atomic E-state index is 0.424. The molecular formula is C8H11NO2. The van der Waals surface area contributed by atoms with E-state index in [0.717, 1.165) is 17.7 Å². The number of aromatic carboxylic acids is 1. The number of hydrogen-bond acceptors (Lipinski definition) is 1. The number of hydrogen-bond donors (Lipinski definition) is 2. The highest BCUT2D eigenvalue weighted by Crippen LogP contribution is 2.12. The molecule has 0 aromatic carbocycles. The second kappa shape index (κ2) is 2.78. The first-order valence-corrected chi connectivity index (χ1v) is 3.57. The summed E-state index contributed by atoms with van der Waals surface area (Å²) in [7, 11) is 0. The minimum Gasteiger partial charge on any atom is -0.478 e. The number of carboxylic acid groups (broad SMARTS) is 1. The normalized spacial score (nSPS) is 10.0. The molecule has 60 valence electrons. The highest BCUT2D eigenvalue weighted by molar-refractivity contribution is 5.90. The summed E-state index contributed by atoms with van der Waals surface area (Å²) in [5, 5.41) is 8.75. The Morgan fingerprint density at radius 3 is 2.73 bits per heavy atom. The molecule has 1 aromatic heterocycles. The van der Waals surface area contributed by atoms with Crippen molar-refractivity contribution < 1.29 is 9.90 Å². The summed E-state index contributed by atoms with van der Waals surface area (Å²) in [4.78, 5) is 13.6. The Kier molecular flexibility index (Phi) is 1.98. The third kappa shape index (κ3) is 1.27. The molecule has 0 spiro atoms. The van der Waals surface area contributed by atoms with Gasteiger partial charge in [0, 0.05) is 11.9 Å². The average Bonchev–Trinajstić information content (AvgIpc) is 2.30. The van der Waals surface area contributed by atoms with E-state index in [1.54, 1.807) is 13.1 Å². The Morgan fingerprint density at radius 1 is 1.73 bits per heavy atom. The van der Waals surface area contributed by atoms with Gasteiger partial charge in [-0.2, -0.15) is 0 Å². The number of aromatic amines is 1. The molecule has 0 fully saturated rings. The molecule has 1 heterocycles. The van der Waals surface area contributed by atoms with E-state index >= 15 is 0 Å². The maximum atomic E-state index is 10.6. The first kappa shape index (κ1) is 7.85. The van der Waals surface area contributed by atoms with Crippen LogP contribution in [0.1, 0.15) is 28.5 Å². The van der Waals surface area contributed by atoms with Crippen LogP contribution in [0.25, 0.3) is 0 Å². The zero-order valence-corrected chi connectivity index (χ0v) is 6.64. The molecule has 1 rings (SSSR count). The van der Waals surface area contributed by atoms with Crippen LogP contribution in [-0.2, 0) is 6.42 Å². The molecule has 0 atom stereocenters. The second-order valence-electron chi connectivity index (χ2n) is 2.48. The standard InChI is InChI=1S/C8H11NO2/c1-3-6-7(8(10)11)5(2)4-9-6/h4,9H,3H2,1-2H3,(H,10,11). The number of carbonyl (C=O) groups is 1. The molecule has 0 radical (unpaired) electrons. The van der Waals surface area contributed by atoms with Crippen molar-refractivity contribution in [2.45, 2.75) is 20.3 Å². The fourth-order valence-corrected chi connectivity index (χ4v) is 1.15. The number of aryl methyl sites for hydroxylation is 2. The lowest BCUT2D eigenvalue weighted by atomic mass is 10.1. The summed E-state index contributed by atoms with van der Waals surface area (Å²) in [6.07, 6.45) is 2.46. The largest absolute Gasteiger partial charge is 0.478 e. The number of rotatable bonds is 2. The van der Waals surface area contributed by atoms with Gasteiger partial charge in [0.05, 0.1) is 5.56 Å². The quantitative estimate of drug-likeness (QED) is 0.677. The number of H-pyrrole nitrogens is 1. The third-order valence-electron chi connectivity index (χ3n) is 1.73. The van der Waals surface area contributed by atoms with Crippen molar-refractivity contribution in [3.8, 4) is 0 Å². The minimum atomic E-state index is -0.847. The van der Waals surface area contributed by atoms with Gasteiger partial charge >= 0.3 is 5.97 Å². The predicted molar refractivity (Wildman–Crippen MR) is 41.9 cm³/mol. The van der Waals surface area contributed by atoms with Crippen LogP contribution in [0.3, 0.4) is 0 Å². The average molecular weight is 153 g/mol. The van der Waals surface area contributed by atoms with Crippen LogP contribution >= 0.6 is 0 Å². The summed E-state index contributed by atoms with van der Waals surface area (Å²) >= 11 is 0. The first-order valence-electron chi connectivity index (χ1n) is 3.57. The van der Waals surface area contributed by atoms with Gasteiger partial charge in [0.2, 0.25) is 0 Å². The van der Waals surface area contributed by atoms with Crippen LogP contribution < -0.4 is 0 Å². The van der Waals surface area contributed by atoms with Crippen LogP contribution in [0.15, 0.2) is 6.20 Å². The summed E-state index contributed by atoms with van der Waals surface area (Å²) in [5.74, 6) is -0.847. The molecule has 2 N–H and O–H groups in total. The summed E-state index contributed by atoms with van der Waals surface area (Å²) in [6.45, 7) is 3.72. The highest BCUT2D eigenvalue weighted by Gasteiger charge is 2.12. The summed E-state index contributed by atoms with van der Waals surface area (Å²) in [5.41, 5.74) is 2.02. The molecule has 0 bridgehead atoms. The zero-order valence-electron chi connectivity index (χ0n) is 6.64. The maximum absolute atomic E-state index is 10.6. The molecule has 0 amide bonds. The molecule has 1 aromatic rings. The number of nitrogens with one attached hydrogen (secondary N) is 1. The van der Waals surface area contributed by atoms with Gasteiger partial charge < -0.3 is 10.1 Å². The molecule has 0 aliphatic rings. The van der Waals surface area contributed by atoms with E-state index in [9.17, 15) is 4.79 Å². The van der Waals surface area contributed by atoms with E-state index in [4.69, 9.17) is 5.11 Å². The Labute approximate surface area is 65.1 Å². The Balaban J connectivity index is 3.17. The van der Waals surface area contributed by atoms with Crippen LogP contribution in [-0.4, -0.2) is 16.1 Å². The molecule has 0 saturated carbocycles. The number of aromatic nitrogens is 1. The van der Waals surface area contributed by atoms with E-state index < -0.39 is 5.97 Å². The molecule has 3 heteroatoms. The monoisotopic (exact) mass is 153 g/mol. The van der Waals surface area contributed by atoms with Crippen LogP contribution in [0, 0.1) is 6.92 Å². The lowest BCUT2D eigenvalue weighted by molar-refractivity contribution is 0.0695. The molecule has 0 unspecified atom stereocenters. The molecule has 0 aliphatic heterocycles. The van der Waals surface area contributed by atoms with Crippen LogP contribution in [0.2, 0.25) is 0 Å². The Morgan fingerprint density at radius 2 is 2.36 bits per heavy atom. The van der Waals surface area contributed by atoms with Gasteiger partial charge in [-0.25, -0.2) is 4.79 Å². The summed E-state index contributed by atoms with van der Waals surface area (Å²) < 4.78 is 0. The van der Waals surface area contributed by atoms with Crippen molar-refractivity contribution in [2.24, 2.45) is 0 Å². The van der Waals surface area contributed by atoms with Gasteiger partial charge in [0.15, 0.2) is 0 Å². The van der Waals surface area contributed by atoms with Crippen LogP contribution in [0.5, 0.6) is 0 Å². The van der Waals surface area contributed by atoms with Crippen molar-refractivity contribution >= 4 is 5.97 Å². The van der Waals surface area contributed by atoms with Gasteiger partial charge in [-0.15, -0.1) is 0 Å². The molecular weight excluding hydrogens is 142 g/mol. The first-order chi connectivity index (χ1) is 5.16. The Hall–Kier alpha value is -1.25. The second-order valence-corrected chi connectivity index (χ2v) is 2.48. The molecule has 3 nitrogen and oxygen atoms in total. The van der Waals surface area contributed by atoms with Crippen molar-refractivity contribution in [3.63, 3.8) is 0 Å². The van der Waals surface area contributed by atoms with E-state index in [2.05, 4.69) is 4.98 Å². The summed E-state index contributed by atoms with van der Waals surface area (Å²) in [6, 6.07) is 0. The lowest BCUT2D eigenvalue weighted by Crippen LogP contribution is -2.00. The van der Waals surface area contributed by atoms with E-state index in [1.807, 2.05) is 6.92 Å². The topological polar surface area (TPSA) is 53.1 Å².